The zero-order chi connectivity index (χ0) is 22.5. The molecule has 0 unspecified atom stereocenters. The summed E-state index contributed by atoms with van der Waals surface area (Å²) in [6, 6.07) is 10.1. The number of methoxy groups -OCH3 is 2. The molecule has 3 aromatic rings. The van der Waals surface area contributed by atoms with E-state index in [0.29, 0.717) is 5.95 Å². The lowest BCUT2D eigenvalue weighted by Crippen LogP contribution is -2.34. The van der Waals surface area contributed by atoms with Crippen molar-refractivity contribution in [1.29, 1.82) is 0 Å². The molecule has 4 rings (SSSR count). The van der Waals surface area contributed by atoms with Crippen LogP contribution >= 0.6 is 0 Å². The first-order valence-corrected chi connectivity index (χ1v) is 11.0. The Labute approximate surface area is 190 Å². The Morgan fingerprint density at radius 2 is 1.81 bits per heavy atom. The number of hydrogen-bond donors (Lipinski definition) is 0. The molecule has 0 N–H and O–H groups in total. The van der Waals surface area contributed by atoms with Crippen molar-refractivity contribution in [2.24, 2.45) is 0 Å². The first-order chi connectivity index (χ1) is 15.6. The van der Waals surface area contributed by atoms with Crippen molar-refractivity contribution in [3.8, 4) is 22.6 Å². The number of aromatic nitrogens is 3. The highest BCUT2D eigenvalue weighted by molar-refractivity contribution is 5.78. The van der Waals surface area contributed by atoms with E-state index in [1.165, 1.54) is 12.0 Å². The molecule has 0 saturated carbocycles. The normalized spacial score (nSPS) is 16.6. The van der Waals surface area contributed by atoms with Crippen molar-refractivity contribution in [3.05, 3.63) is 60.2 Å². The Bertz CT molecular complexity index is 1020. The molecule has 0 aliphatic carbocycles. The summed E-state index contributed by atoms with van der Waals surface area (Å²) >= 11 is 0. The second-order valence-electron chi connectivity index (χ2n) is 8.24. The molecule has 2 aromatic heterocycles. The number of hydrogen-bond acceptors (Lipinski definition) is 7. The van der Waals surface area contributed by atoms with Crippen molar-refractivity contribution in [2.75, 3.05) is 39.8 Å². The van der Waals surface area contributed by atoms with Gasteiger partial charge in [0, 0.05) is 44.8 Å². The summed E-state index contributed by atoms with van der Waals surface area (Å²) in [5, 5.41) is 0. The number of likely N-dealkylation sites (tertiary alicyclic amines) is 1. The fraction of sp³-hybridized carbons (Fsp3) is 0.400. The van der Waals surface area contributed by atoms with E-state index in [-0.39, 0.29) is 6.04 Å². The van der Waals surface area contributed by atoms with Gasteiger partial charge >= 0.3 is 0 Å². The maximum Gasteiger partial charge on any atom is 0.225 e. The minimum atomic E-state index is 0.162. The fourth-order valence-electron chi connectivity index (χ4n) is 4.38. The molecule has 168 valence electrons. The summed E-state index contributed by atoms with van der Waals surface area (Å²) in [5.74, 6) is 2.20. The van der Waals surface area contributed by atoms with Gasteiger partial charge in [-0.15, -0.1) is 0 Å². The summed E-state index contributed by atoms with van der Waals surface area (Å²) < 4.78 is 11.4. The molecule has 1 fully saturated rings. The van der Waals surface area contributed by atoms with E-state index in [2.05, 4.69) is 20.9 Å². The van der Waals surface area contributed by atoms with Gasteiger partial charge in [0.2, 0.25) is 5.95 Å². The molecule has 0 amide bonds. The Kier molecular flexibility index (Phi) is 6.85. The lowest BCUT2D eigenvalue weighted by atomic mass is 9.92. The van der Waals surface area contributed by atoms with Crippen molar-refractivity contribution < 1.29 is 9.47 Å². The molecule has 3 heterocycles. The second kappa shape index (κ2) is 9.96. The SMILES string of the molecule is COc1cccc(OC)c1-c1cnc(N(C)C)nc1[C@@H]1CCCCN1Cc1cccnc1. The standard InChI is InChI=1S/C25H31N5O2/c1-29(2)25-27-16-19(23-21(31-3)11-7-12-22(23)32-4)24(28-25)20-10-5-6-14-30(20)17-18-9-8-13-26-15-18/h7-9,11-13,15-16,20H,5-6,10,14,17H2,1-4H3/t20-/m0/s1. The number of piperidine rings is 1. The first kappa shape index (κ1) is 22.0. The summed E-state index contributed by atoms with van der Waals surface area (Å²) in [4.78, 5) is 18.5. The predicted octanol–water partition coefficient (Wildman–Crippen LogP) is 4.35. The largest absolute Gasteiger partial charge is 0.496 e. The van der Waals surface area contributed by atoms with E-state index in [1.54, 1.807) is 14.2 Å². The van der Waals surface area contributed by atoms with Crippen LogP contribution in [0.2, 0.25) is 0 Å². The highest BCUT2D eigenvalue weighted by Crippen LogP contribution is 2.43. The third-order valence-electron chi connectivity index (χ3n) is 5.94. The predicted molar refractivity (Wildman–Crippen MR) is 126 cm³/mol. The smallest absolute Gasteiger partial charge is 0.225 e. The van der Waals surface area contributed by atoms with Gasteiger partial charge in [0.15, 0.2) is 0 Å². The third kappa shape index (κ3) is 4.53. The topological polar surface area (TPSA) is 63.6 Å². The van der Waals surface area contributed by atoms with Crippen LogP contribution in [0.25, 0.3) is 11.1 Å². The number of ether oxygens (including phenoxy) is 2. The molecule has 1 atom stereocenters. The number of benzene rings is 1. The van der Waals surface area contributed by atoms with Crippen molar-refractivity contribution >= 4 is 5.95 Å². The van der Waals surface area contributed by atoms with Crippen LogP contribution in [0, 0.1) is 0 Å². The van der Waals surface area contributed by atoms with Crippen molar-refractivity contribution in [1.82, 2.24) is 19.9 Å². The molecule has 1 aliphatic heterocycles. The molecule has 7 heteroatoms. The van der Waals surface area contributed by atoms with Gasteiger partial charge < -0.3 is 14.4 Å². The summed E-state index contributed by atoms with van der Waals surface area (Å²) in [7, 11) is 7.30. The maximum atomic E-state index is 5.72. The van der Waals surface area contributed by atoms with Gasteiger partial charge in [0.25, 0.3) is 0 Å². The summed E-state index contributed by atoms with van der Waals surface area (Å²) in [6.07, 6.45) is 9.05. The molecular formula is C25H31N5O2. The number of nitrogens with zero attached hydrogens (tertiary/aromatic N) is 5. The second-order valence-corrected chi connectivity index (χ2v) is 8.24. The van der Waals surface area contributed by atoms with Crippen LogP contribution in [0.1, 0.15) is 36.6 Å². The number of anilines is 1. The van der Waals surface area contributed by atoms with Crippen molar-refractivity contribution in [3.63, 3.8) is 0 Å². The zero-order valence-electron chi connectivity index (χ0n) is 19.3. The van der Waals surface area contributed by atoms with Gasteiger partial charge in [-0.25, -0.2) is 9.97 Å². The number of rotatable bonds is 7. The third-order valence-corrected chi connectivity index (χ3v) is 5.94. The molecular weight excluding hydrogens is 402 g/mol. The molecule has 32 heavy (non-hydrogen) atoms. The summed E-state index contributed by atoms with van der Waals surface area (Å²) in [5.41, 5.74) is 4.06. The van der Waals surface area contributed by atoms with E-state index in [4.69, 9.17) is 14.5 Å². The molecule has 1 aromatic carbocycles. The van der Waals surface area contributed by atoms with Gasteiger partial charge in [-0.1, -0.05) is 18.6 Å². The van der Waals surface area contributed by atoms with Gasteiger partial charge in [-0.05, 0) is 43.1 Å². The zero-order valence-corrected chi connectivity index (χ0v) is 19.3. The van der Waals surface area contributed by atoms with Crippen LogP contribution in [0.15, 0.2) is 48.9 Å². The first-order valence-electron chi connectivity index (χ1n) is 11.0. The molecule has 0 radical (unpaired) electrons. The van der Waals surface area contributed by atoms with E-state index in [9.17, 15) is 0 Å². The van der Waals surface area contributed by atoms with E-state index in [1.807, 2.05) is 61.9 Å². The highest BCUT2D eigenvalue weighted by Gasteiger charge is 2.30. The van der Waals surface area contributed by atoms with Crippen LogP contribution in [0.3, 0.4) is 0 Å². The van der Waals surface area contributed by atoms with Crippen LogP contribution < -0.4 is 14.4 Å². The van der Waals surface area contributed by atoms with Crippen molar-refractivity contribution in [2.45, 2.75) is 31.8 Å². The van der Waals surface area contributed by atoms with Gasteiger partial charge in [-0.3, -0.25) is 9.88 Å². The lowest BCUT2D eigenvalue weighted by molar-refractivity contribution is 0.137. The minimum Gasteiger partial charge on any atom is -0.496 e. The van der Waals surface area contributed by atoms with Crippen LogP contribution in [0.5, 0.6) is 11.5 Å². The van der Waals surface area contributed by atoms with Crippen LogP contribution in [-0.4, -0.2) is 54.7 Å². The molecule has 0 bridgehead atoms. The maximum absolute atomic E-state index is 5.72. The average Bonchev–Trinajstić information content (AvgIpc) is 2.84. The van der Waals surface area contributed by atoms with E-state index in [0.717, 1.165) is 54.3 Å². The number of pyridine rings is 1. The quantitative estimate of drug-likeness (QED) is 0.549. The Balaban J connectivity index is 1.84. The average molecular weight is 434 g/mol. The molecule has 0 spiro atoms. The Morgan fingerprint density at radius 1 is 1.03 bits per heavy atom. The minimum absolute atomic E-state index is 0.162. The highest BCUT2D eigenvalue weighted by atomic mass is 16.5. The van der Waals surface area contributed by atoms with Crippen LogP contribution in [-0.2, 0) is 6.54 Å². The van der Waals surface area contributed by atoms with Gasteiger partial charge in [-0.2, -0.15) is 0 Å². The molecule has 1 saturated heterocycles. The fourth-order valence-corrected chi connectivity index (χ4v) is 4.38. The lowest BCUT2D eigenvalue weighted by Gasteiger charge is -2.36. The Hall–Kier alpha value is -3.19. The molecule has 1 aliphatic rings. The van der Waals surface area contributed by atoms with Gasteiger partial charge in [0.1, 0.15) is 11.5 Å². The van der Waals surface area contributed by atoms with E-state index < -0.39 is 0 Å². The monoisotopic (exact) mass is 433 g/mol. The van der Waals surface area contributed by atoms with Crippen LogP contribution in [0.4, 0.5) is 5.95 Å². The summed E-state index contributed by atoms with van der Waals surface area (Å²) in [6.45, 7) is 1.85. The Morgan fingerprint density at radius 3 is 2.47 bits per heavy atom. The molecule has 7 nitrogen and oxygen atoms in total. The van der Waals surface area contributed by atoms with Gasteiger partial charge in [0.05, 0.1) is 31.5 Å². The van der Waals surface area contributed by atoms with E-state index >= 15 is 0 Å².